The molecule has 3 heterocycles. The Kier molecular flexibility index (Phi) is 4.90. The van der Waals surface area contributed by atoms with E-state index in [-0.39, 0.29) is 5.60 Å². The Hall–Kier alpha value is -1.63. The number of nitrogen functional groups attached to an aromatic ring is 1. The zero-order chi connectivity index (χ0) is 18.1. The minimum absolute atomic E-state index is 0.154. The maximum absolute atomic E-state index is 6.31. The van der Waals surface area contributed by atoms with Crippen molar-refractivity contribution in [3.8, 4) is 0 Å². The number of thiophene rings is 1. The zero-order valence-corrected chi connectivity index (χ0v) is 16.8. The molecular formula is C20H23N3OS2. The predicted molar refractivity (Wildman–Crippen MR) is 110 cm³/mol. The number of rotatable bonds is 5. The van der Waals surface area contributed by atoms with Gasteiger partial charge in [-0.05, 0) is 37.8 Å². The zero-order valence-electron chi connectivity index (χ0n) is 15.1. The molecule has 136 valence electrons. The van der Waals surface area contributed by atoms with Crippen molar-refractivity contribution in [3.63, 3.8) is 0 Å². The summed E-state index contributed by atoms with van der Waals surface area (Å²) in [5, 5.41) is 1.82. The number of hydrogen-bond acceptors (Lipinski definition) is 6. The molecule has 0 saturated carbocycles. The second kappa shape index (κ2) is 7.18. The number of thioether (sulfide) groups is 1. The summed E-state index contributed by atoms with van der Waals surface area (Å²) >= 11 is 3.38. The SMILES string of the molecule is CC1(C)Cc2c(sc3nc(SCCCc4ccccc4)nc(N)c23)CO1. The van der Waals surface area contributed by atoms with Gasteiger partial charge in [-0.1, -0.05) is 42.1 Å². The van der Waals surface area contributed by atoms with Crippen molar-refractivity contribution >= 4 is 39.1 Å². The number of benzene rings is 1. The minimum atomic E-state index is -0.154. The highest BCUT2D eigenvalue weighted by atomic mass is 32.2. The molecule has 4 rings (SSSR count). The quantitative estimate of drug-likeness (QED) is 0.386. The normalized spacial score (nSPS) is 15.9. The Morgan fingerprint density at radius 2 is 2.04 bits per heavy atom. The number of ether oxygens (including phenoxy) is 1. The van der Waals surface area contributed by atoms with Gasteiger partial charge in [0.15, 0.2) is 5.16 Å². The van der Waals surface area contributed by atoms with E-state index in [2.05, 4.69) is 49.2 Å². The summed E-state index contributed by atoms with van der Waals surface area (Å²) in [7, 11) is 0. The predicted octanol–water partition coefficient (Wildman–Crippen LogP) is 4.85. The number of aryl methyl sites for hydroxylation is 1. The van der Waals surface area contributed by atoms with Gasteiger partial charge in [-0.2, -0.15) is 0 Å². The van der Waals surface area contributed by atoms with Crippen molar-refractivity contribution in [2.75, 3.05) is 11.5 Å². The fourth-order valence-electron chi connectivity index (χ4n) is 3.30. The summed E-state index contributed by atoms with van der Waals surface area (Å²) in [5.41, 5.74) is 8.81. The molecule has 0 atom stereocenters. The molecule has 1 aromatic carbocycles. The van der Waals surface area contributed by atoms with Crippen LogP contribution in [0.2, 0.25) is 0 Å². The molecule has 1 aliphatic rings. The lowest BCUT2D eigenvalue weighted by atomic mass is 9.94. The Bertz CT molecular complexity index is 922. The third-order valence-corrected chi connectivity index (χ3v) is 6.65. The van der Waals surface area contributed by atoms with Crippen LogP contribution in [0, 0.1) is 0 Å². The highest BCUT2D eigenvalue weighted by Gasteiger charge is 2.30. The van der Waals surface area contributed by atoms with Crippen molar-refractivity contribution in [2.24, 2.45) is 0 Å². The van der Waals surface area contributed by atoms with Crippen LogP contribution in [0.15, 0.2) is 35.5 Å². The lowest BCUT2D eigenvalue weighted by Crippen LogP contribution is -2.31. The van der Waals surface area contributed by atoms with Crippen LogP contribution in [-0.4, -0.2) is 21.3 Å². The number of anilines is 1. The first kappa shape index (κ1) is 17.8. The third-order valence-electron chi connectivity index (χ3n) is 4.62. The molecule has 0 fully saturated rings. The largest absolute Gasteiger partial charge is 0.383 e. The van der Waals surface area contributed by atoms with Crippen molar-refractivity contribution in [1.29, 1.82) is 0 Å². The Morgan fingerprint density at radius 1 is 1.23 bits per heavy atom. The number of aromatic nitrogens is 2. The lowest BCUT2D eigenvalue weighted by Gasteiger charge is -2.30. The van der Waals surface area contributed by atoms with Gasteiger partial charge in [-0.15, -0.1) is 11.3 Å². The summed E-state index contributed by atoms with van der Waals surface area (Å²) in [6, 6.07) is 10.6. The van der Waals surface area contributed by atoms with Gasteiger partial charge in [0.2, 0.25) is 0 Å². The molecule has 0 aliphatic carbocycles. The van der Waals surface area contributed by atoms with Crippen LogP contribution in [0.4, 0.5) is 5.82 Å². The lowest BCUT2D eigenvalue weighted by molar-refractivity contribution is -0.0379. The van der Waals surface area contributed by atoms with Gasteiger partial charge < -0.3 is 10.5 Å². The second-order valence-electron chi connectivity index (χ2n) is 7.24. The van der Waals surface area contributed by atoms with Gasteiger partial charge in [-0.25, -0.2) is 9.97 Å². The highest BCUT2D eigenvalue weighted by molar-refractivity contribution is 7.99. The molecule has 1 aliphatic heterocycles. The summed E-state index contributed by atoms with van der Waals surface area (Å²) in [5.74, 6) is 1.59. The van der Waals surface area contributed by atoms with E-state index in [0.29, 0.717) is 12.4 Å². The average Bonchev–Trinajstić information content (AvgIpc) is 2.96. The van der Waals surface area contributed by atoms with Crippen LogP contribution in [0.1, 0.15) is 36.3 Å². The minimum Gasteiger partial charge on any atom is -0.383 e. The number of nitrogens with two attached hydrogens (primary N) is 1. The molecule has 0 saturated heterocycles. The summed E-state index contributed by atoms with van der Waals surface area (Å²) < 4.78 is 5.93. The summed E-state index contributed by atoms with van der Waals surface area (Å²) in [6.07, 6.45) is 3.03. The van der Waals surface area contributed by atoms with Crippen LogP contribution in [0.3, 0.4) is 0 Å². The van der Waals surface area contributed by atoms with Gasteiger partial charge in [0, 0.05) is 17.1 Å². The molecule has 3 aromatic rings. The maximum Gasteiger partial charge on any atom is 0.190 e. The molecule has 0 radical (unpaired) electrons. The van der Waals surface area contributed by atoms with Crippen LogP contribution in [-0.2, 0) is 24.2 Å². The van der Waals surface area contributed by atoms with Gasteiger partial charge >= 0.3 is 0 Å². The van der Waals surface area contributed by atoms with E-state index >= 15 is 0 Å². The van der Waals surface area contributed by atoms with E-state index in [9.17, 15) is 0 Å². The number of nitrogens with zero attached hydrogens (tertiary/aromatic N) is 2. The monoisotopic (exact) mass is 385 g/mol. The fraction of sp³-hybridized carbons (Fsp3) is 0.400. The van der Waals surface area contributed by atoms with Crippen molar-refractivity contribution in [3.05, 3.63) is 46.3 Å². The summed E-state index contributed by atoms with van der Waals surface area (Å²) in [6.45, 7) is 4.88. The molecule has 0 bridgehead atoms. The number of fused-ring (bicyclic) bond motifs is 3. The molecule has 2 N–H and O–H groups in total. The molecule has 0 spiro atoms. The van der Waals surface area contributed by atoms with Gasteiger partial charge in [-0.3, -0.25) is 0 Å². The first-order chi connectivity index (χ1) is 12.5. The third kappa shape index (κ3) is 3.72. The molecule has 2 aromatic heterocycles. The van der Waals surface area contributed by atoms with E-state index < -0.39 is 0 Å². The highest BCUT2D eigenvalue weighted by Crippen LogP contribution is 2.40. The average molecular weight is 386 g/mol. The van der Waals surface area contributed by atoms with Crippen molar-refractivity contribution in [1.82, 2.24) is 9.97 Å². The molecule has 6 heteroatoms. The van der Waals surface area contributed by atoms with Crippen LogP contribution >= 0.6 is 23.1 Å². The fourth-order valence-corrected chi connectivity index (χ4v) is 5.26. The van der Waals surface area contributed by atoms with Crippen LogP contribution in [0.25, 0.3) is 10.2 Å². The maximum atomic E-state index is 6.31. The van der Waals surface area contributed by atoms with Crippen molar-refractivity contribution < 1.29 is 4.74 Å². The number of hydrogen-bond donors (Lipinski definition) is 1. The van der Waals surface area contributed by atoms with Gasteiger partial charge in [0.25, 0.3) is 0 Å². The van der Waals surface area contributed by atoms with Crippen LogP contribution < -0.4 is 5.73 Å². The molecule has 0 amide bonds. The van der Waals surface area contributed by atoms with E-state index in [0.717, 1.165) is 40.4 Å². The van der Waals surface area contributed by atoms with E-state index in [4.69, 9.17) is 15.5 Å². The molecular weight excluding hydrogens is 362 g/mol. The Balaban J connectivity index is 1.47. The molecule has 26 heavy (non-hydrogen) atoms. The Labute approximate surface area is 162 Å². The second-order valence-corrected chi connectivity index (χ2v) is 9.38. The molecule has 4 nitrogen and oxygen atoms in total. The van der Waals surface area contributed by atoms with Crippen LogP contribution in [0.5, 0.6) is 0 Å². The van der Waals surface area contributed by atoms with E-state index in [1.54, 1.807) is 23.1 Å². The smallest absolute Gasteiger partial charge is 0.190 e. The summed E-state index contributed by atoms with van der Waals surface area (Å²) in [4.78, 5) is 11.6. The first-order valence-electron chi connectivity index (χ1n) is 8.90. The van der Waals surface area contributed by atoms with E-state index in [1.807, 2.05) is 0 Å². The van der Waals surface area contributed by atoms with Gasteiger partial charge in [0.05, 0.1) is 17.6 Å². The van der Waals surface area contributed by atoms with E-state index in [1.165, 1.54) is 16.0 Å². The topological polar surface area (TPSA) is 61.0 Å². The standard InChI is InChI=1S/C20H23N3OS2/c1-20(2)11-14-15(12-24-20)26-18-16(14)17(21)22-19(23-18)25-10-6-9-13-7-4-3-5-8-13/h3-5,7-8H,6,9-12H2,1-2H3,(H2,21,22,23). The molecule has 0 unspecified atom stereocenters. The first-order valence-corrected chi connectivity index (χ1v) is 10.7. The van der Waals surface area contributed by atoms with Crippen molar-refractivity contribution in [2.45, 2.75) is 50.5 Å². The Morgan fingerprint density at radius 3 is 2.85 bits per heavy atom. The van der Waals surface area contributed by atoms with Gasteiger partial charge in [0.1, 0.15) is 10.6 Å².